The third kappa shape index (κ3) is 4.77. The predicted molar refractivity (Wildman–Crippen MR) is 84.4 cm³/mol. The van der Waals surface area contributed by atoms with Gasteiger partial charge in [0.1, 0.15) is 0 Å². The molecule has 0 bridgehead atoms. The van der Waals surface area contributed by atoms with Crippen LogP contribution in [0.3, 0.4) is 0 Å². The maximum Gasteiger partial charge on any atom is 0.00698 e. The second kappa shape index (κ2) is 8.29. The van der Waals surface area contributed by atoms with E-state index in [1.54, 1.807) is 6.42 Å². The van der Waals surface area contributed by atoms with Crippen molar-refractivity contribution in [1.82, 2.24) is 5.32 Å². The van der Waals surface area contributed by atoms with Crippen LogP contribution in [0.1, 0.15) is 84.5 Å². The van der Waals surface area contributed by atoms with E-state index < -0.39 is 0 Å². The highest BCUT2D eigenvalue weighted by Gasteiger charge is 2.30. The second-order valence-corrected chi connectivity index (χ2v) is 7.13. The predicted octanol–water partition coefficient (Wildman–Crippen LogP) is 5.15. The molecule has 0 heterocycles. The summed E-state index contributed by atoms with van der Waals surface area (Å²) in [4.78, 5) is 0. The third-order valence-corrected chi connectivity index (χ3v) is 5.72. The minimum Gasteiger partial charge on any atom is -0.314 e. The van der Waals surface area contributed by atoms with Gasteiger partial charge in [0, 0.05) is 6.04 Å². The van der Waals surface area contributed by atoms with Crippen molar-refractivity contribution in [1.29, 1.82) is 0 Å². The molecule has 0 spiro atoms. The summed E-state index contributed by atoms with van der Waals surface area (Å²) in [5.74, 6) is 3.14. The highest BCUT2D eigenvalue weighted by atomic mass is 14.9. The molecular formula is C18H35N. The van der Waals surface area contributed by atoms with Gasteiger partial charge in [0.2, 0.25) is 0 Å². The smallest absolute Gasteiger partial charge is 0.00698 e. The highest BCUT2D eigenvalue weighted by molar-refractivity contribution is 4.83. The van der Waals surface area contributed by atoms with Crippen LogP contribution < -0.4 is 5.32 Å². The van der Waals surface area contributed by atoms with Crippen LogP contribution in [0.15, 0.2) is 0 Å². The molecule has 2 fully saturated rings. The van der Waals surface area contributed by atoms with E-state index in [9.17, 15) is 0 Å². The van der Waals surface area contributed by atoms with Crippen molar-refractivity contribution in [2.75, 3.05) is 6.54 Å². The summed E-state index contributed by atoms with van der Waals surface area (Å²) in [6, 6.07) is 0.828. The van der Waals surface area contributed by atoms with E-state index in [0.717, 1.165) is 23.8 Å². The van der Waals surface area contributed by atoms with E-state index in [0.29, 0.717) is 0 Å². The fourth-order valence-electron chi connectivity index (χ4n) is 4.49. The van der Waals surface area contributed by atoms with Gasteiger partial charge in [-0.1, -0.05) is 58.8 Å². The Morgan fingerprint density at radius 3 is 2.37 bits per heavy atom. The number of nitrogens with one attached hydrogen (secondary N) is 1. The van der Waals surface area contributed by atoms with Crippen molar-refractivity contribution in [3.63, 3.8) is 0 Å². The first-order valence-electron chi connectivity index (χ1n) is 9.06. The summed E-state index contributed by atoms with van der Waals surface area (Å²) in [6.45, 7) is 5.90. The topological polar surface area (TPSA) is 12.0 Å². The molecule has 112 valence electrons. The third-order valence-electron chi connectivity index (χ3n) is 5.72. The molecule has 0 amide bonds. The molecule has 1 heteroatoms. The standard InChI is InChI=1S/C18H35N/c1-3-12-19-18-11-6-5-9-17(14-18)16-10-7-8-15(4-2)13-16/h15-19H,3-14H2,1-2H3. The average molecular weight is 265 g/mol. The Morgan fingerprint density at radius 2 is 1.58 bits per heavy atom. The molecule has 19 heavy (non-hydrogen) atoms. The first kappa shape index (κ1) is 15.4. The van der Waals surface area contributed by atoms with Crippen LogP contribution in [0.25, 0.3) is 0 Å². The van der Waals surface area contributed by atoms with Gasteiger partial charge in [-0.3, -0.25) is 0 Å². The lowest BCUT2D eigenvalue weighted by atomic mass is 9.72. The average Bonchev–Trinajstić information content (AvgIpc) is 2.71. The first-order valence-corrected chi connectivity index (χ1v) is 9.06. The highest BCUT2D eigenvalue weighted by Crippen LogP contribution is 2.40. The van der Waals surface area contributed by atoms with Crippen LogP contribution in [0.4, 0.5) is 0 Å². The Labute approximate surface area is 120 Å². The number of rotatable bonds is 5. The van der Waals surface area contributed by atoms with Gasteiger partial charge in [0.25, 0.3) is 0 Å². The van der Waals surface area contributed by atoms with Crippen LogP contribution in [0.5, 0.6) is 0 Å². The molecule has 0 aromatic rings. The van der Waals surface area contributed by atoms with Crippen molar-refractivity contribution in [3.8, 4) is 0 Å². The molecule has 2 aliphatic rings. The Bertz CT molecular complexity index is 238. The minimum absolute atomic E-state index is 0.828. The Balaban J connectivity index is 1.86. The first-order chi connectivity index (χ1) is 9.33. The molecule has 2 rings (SSSR count). The molecule has 0 aromatic heterocycles. The molecule has 0 aliphatic heterocycles. The number of hydrogen-bond acceptors (Lipinski definition) is 1. The van der Waals surface area contributed by atoms with E-state index in [2.05, 4.69) is 19.2 Å². The normalized spacial score (nSPS) is 36.9. The quantitative estimate of drug-likeness (QED) is 0.678. The zero-order valence-corrected chi connectivity index (χ0v) is 13.3. The van der Waals surface area contributed by atoms with Crippen LogP contribution in [-0.2, 0) is 0 Å². The molecule has 2 aliphatic carbocycles. The molecule has 4 unspecified atom stereocenters. The van der Waals surface area contributed by atoms with Gasteiger partial charge < -0.3 is 5.32 Å². The zero-order chi connectivity index (χ0) is 13.5. The maximum atomic E-state index is 3.81. The molecular weight excluding hydrogens is 230 g/mol. The lowest BCUT2D eigenvalue weighted by Gasteiger charge is -2.35. The van der Waals surface area contributed by atoms with Gasteiger partial charge in [-0.25, -0.2) is 0 Å². The van der Waals surface area contributed by atoms with Crippen molar-refractivity contribution >= 4 is 0 Å². The largest absolute Gasteiger partial charge is 0.314 e. The second-order valence-electron chi connectivity index (χ2n) is 7.13. The van der Waals surface area contributed by atoms with Gasteiger partial charge in [-0.2, -0.15) is 0 Å². The summed E-state index contributed by atoms with van der Waals surface area (Å²) in [5, 5.41) is 3.81. The Hall–Kier alpha value is -0.0400. The van der Waals surface area contributed by atoms with Crippen molar-refractivity contribution < 1.29 is 0 Å². The summed E-state index contributed by atoms with van der Waals surface area (Å²) in [5.41, 5.74) is 0. The van der Waals surface area contributed by atoms with Gasteiger partial charge in [-0.05, 0) is 50.0 Å². The van der Waals surface area contributed by atoms with Crippen LogP contribution >= 0.6 is 0 Å². The number of hydrogen-bond donors (Lipinski definition) is 1. The van der Waals surface area contributed by atoms with Gasteiger partial charge in [-0.15, -0.1) is 0 Å². The van der Waals surface area contributed by atoms with E-state index in [-0.39, 0.29) is 0 Å². The molecule has 1 N–H and O–H groups in total. The fraction of sp³-hybridized carbons (Fsp3) is 1.00. The maximum absolute atomic E-state index is 3.81. The monoisotopic (exact) mass is 265 g/mol. The molecule has 0 saturated heterocycles. The lowest BCUT2D eigenvalue weighted by molar-refractivity contribution is 0.170. The zero-order valence-electron chi connectivity index (χ0n) is 13.3. The summed E-state index contributed by atoms with van der Waals surface area (Å²) in [7, 11) is 0. The van der Waals surface area contributed by atoms with Crippen molar-refractivity contribution in [3.05, 3.63) is 0 Å². The Morgan fingerprint density at radius 1 is 0.842 bits per heavy atom. The van der Waals surface area contributed by atoms with Gasteiger partial charge in [0.15, 0.2) is 0 Å². The van der Waals surface area contributed by atoms with Crippen LogP contribution in [0.2, 0.25) is 0 Å². The molecule has 4 atom stereocenters. The van der Waals surface area contributed by atoms with Gasteiger partial charge in [0.05, 0.1) is 0 Å². The molecule has 0 radical (unpaired) electrons. The SMILES string of the molecule is CCCNC1CCCCC(C2CCCC(CC)C2)C1. The fourth-order valence-corrected chi connectivity index (χ4v) is 4.49. The van der Waals surface area contributed by atoms with Gasteiger partial charge >= 0.3 is 0 Å². The lowest BCUT2D eigenvalue weighted by Crippen LogP contribution is -2.33. The van der Waals surface area contributed by atoms with Crippen LogP contribution in [0, 0.1) is 17.8 Å². The summed E-state index contributed by atoms with van der Waals surface area (Å²) < 4.78 is 0. The van der Waals surface area contributed by atoms with Crippen molar-refractivity contribution in [2.45, 2.75) is 90.5 Å². The van der Waals surface area contributed by atoms with E-state index >= 15 is 0 Å². The Kier molecular flexibility index (Phi) is 6.70. The minimum atomic E-state index is 0.828. The molecule has 2 saturated carbocycles. The summed E-state index contributed by atoms with van der Waals surface area (Å²) >= 11 is 0. The van der Waals surface area contributed by atoms with E-state index in [1.165, 1.54) is 70.8 Å². The van der Waals surface area contributed by atoms with Crippen LogP contribution in [-0.4, -0.2) is 12.6 Å². The van der Waals surface area contributed by atoms with Crippen molar-refractivity contribution in [2.24, 2.45) is 17.8 Å². The van der Waals surface area contributed by atoms with E-state index in [1.807, 2.05) is 0 Å². The van der Waals surface area contributed by atoms with E-state index in [4.69, 9.17) is 0 Å². The molecule has 0 aromatic carbocycles. The summed E-state index contributed by atoms with van der Waals surface area (Å²) in [6.07, 6.45) is 16.2. The molecule has 1 nitrogen and oxygen atoms in total.